The van der Waals surface area contributed by atoms with E-state index >= 15 is 0 Å². The summed E-state index contributed by atoms with van der Waals surface area (Å²) in [5.74, 6) is -2.56. The zero-order valence-corrected chi connectivity index (χ0v) is 16.8. The van der Waals surface area contributed by atoms with Crippen LogP contribution in [0.5, 0.6) is 0 Å². The summed E-state index contributed by atoms with van der Waals surface area (Å²) >= 11 is 0. The van der Waals surface area contributed by atoms with Crippen LogP contribution in [0.25, 0.3) is 0 Å². The fourth-order valence-electron chi connectivity index (χ4n) is 4.13. The molecule has 1 amide bonds. The molecule has 1 fully saturated rings. The largest absolute Gasteiger partial charge is 0.481 e. The maximum atomic E-state index is 13.9. The summed E-state index contributed by atoms with van der Waals surface area (Å²) in [6, 6.07) is 17.6. The number of hydrogen-bond donors (Lipinski definition) is 1. The van der Waals surface area contributed by atoms with Crippen molar-refractivity contribution in [1.29, 1.82) is 5.26 Å². The van der Waals surface area contributed by atoms with Crippen LogP contribution in [-0.4, -0.2) is 40.0 Å². The molecule has 0 radical (unpaired) electrons. The van der Waals surface area contributed by atoms with Gasteiger partial charge < -0.3 is 5.11 Å². The van der Waals surface area contributed by atoms with Gasteiger partial charge in [-0.15, -0.1) is 0 Å². The van der Waals surface area contributed by atoms with E-state index in [2.05, 4.69) is 11.0 Å². The highest BCUT2D eigenvalue weighted by Crippen LogP contribution is 2.37. The monoisotopic (exact) mass is 409 g/mol. The molecular weight excluding hydrogens is 385 g/mol. The van der Waals surface area contributed by atoms with E-state index in [-0.39, 0.29) is 11.7 Å². The molecule has 3 rings (SSSR count). The molecular formula is C23H24FN3O3. The van der Waals surface area contributed by atoms with Gasteiger partial charge in [0.1, 0.15) is 17.8 Å². The molecule has 1 N–H and O–H groups in total. The molecule has 1 aliphatic heterocycles. The van der Waals surface area contributed by atoms with Crippen molar-refractivity contribution in [1.82, 2.24) is 4.90 Å². The Hall–Kier alpha value is -3.24. The van der Waals surface area contributed by atoms with Crippen molar-refractivity contribution in [2.45, 2.75) is 44.3 Å². The van der Waals surface area contributed by atoms with Crippen molar-refractivity contribution in [2.75, 3.05) is 11.4 Å². The second kappa shape index (κ2) is 9.06. The van der Waals surface area contributed by atoms with Crippen LogP contribution in [0.15, 0.2) is 54.6 Å². The molecule has 30 heavy (non-hydrogen) atoms. The van der Waals surface area contributed by atoms with Gasteiger partial charge in [-0.05, 0) is 43.5 Å². The Balaban J connectivity index is 1.90. The lowest BCUT2D eigenvalue weighted by atomic mass is 9.82. The third-order valence-electron chi connectivity index (χ3n) is 5.55. The zero-order valence-electron chi connectivity index (χ0n) is 16.8. The van der Waals surface area contributed by atoms with Crippen LogP contribution >= 0.6 is 0 Å². The summed E-state index contributed by atoms with van der Waals surface area (Å²) in [5, 5.41) is 19.3. The molecule has 1 saturated heterocycles. The summed E-state index contributed by atoms with van der Waals surface area (Å²) in [5.41, 5.74) is 0.108. The predicted molar refractivity (Wildman–Crippen MR) is 110 cm³/mol. The van der Waals surface area contributed by atoms with Gasteiger partial charge in [0.15, 0.2) is 0 Å². The van der Waals surface area contributed by atoms with Gasteiger partial charge in [-0.2, -0.15) is 5.26 Å². The van der Waals surface area contributed by atoms with Gasteiger partial charge in [-0.1, -0.05) is 36.4 Å². The molecule has 6 nitrogen and oxygen atoms in total. The van der Waals surface area contributed by atoms with E-state index in [4.69, 9.17) is 5.11 Å². The normalized spacial score (nSPS) is 21.6. The summed E-state index contributed by atoms with van der Waals surface area (Å²) in [6.07, 6.45) is -0.0944. The number of carboxylic acid groups (broad SMARTS) is 1. The van der Waals surface area contributed by atoms with E-state index < -0.39 is 29.7 Å². The number of rotatable bonds is 6. The number of nitrogens with zero attached hydrogens (tertiary/aromatic N) is 3. The maximum Gasteiger partial charge on any atom is 0.312 e. The SMILES string of the molecule is C[C@@H]1C[C@@](C#N)(N(C(=O)CC(=O)O)c2cccc(F)c2)CCN1Cc1ccccc1. The molecule has 2 atom stereocenters. The lowest BCUT2D eigenvalue weighted by Crippen LogP contribution is -2.59. The standard InChI is InChI=1S/C23H24FN3O3/c1-17-14-23(16-25,10-11-26(17)15-18-6-3-2-4-7-18)27(21(28)13-22(29)30)20-9-5-8-19(24)12-20/h2-9,12,17H,10-11,13-15H2,1H3,(H,29,30)/t17-,23+/m1/s1. The average Bonchev–Trinajstić information content (AvgIpc) is 2.70. The van der Waals surface area contributed by atoms with Crippen LogP contribution < -0.4 is 4.90 Å². The summed E-state index contributed by atoms with van der Waals surface area (Å²) in [7, 11) is 0. The molecule has 0 aliphatic carbocycles. The third-order valence-corrected chi connectivity index (χ3v) is 5.55. The van der Waals surface area contributed by atoms with Crippen molar-refractivity contribution in [3.63, 3.8) is 0 Å². The number of hydrogen-bond acceptors (Lipinski definition) is 4. The van der Waals surface area contributed by atoms with Crippen LogP contribution in [-0.2, 0) is 16.1 Å². The van der Waals surface area contributed by atoms with E-state index in [0.717, 1.165) is 5.56 Å². The van der Waals surface area contributed by atoms with Gasteiger partial charge in [-0.25, -0.2) is 4.39 Å². The Kier molecular flexibility index (Phi) is 6.48. The van der Waals surface area contributed by atoms with Gasteiger partial charge in [0.2, 0.25) is 5.91 Å². The Bertz CT molecular complexity index is 960. The van der Waals surface area contributed by atoms with Crippen LogP contribution in [0.1, 0.15) is 31.7 Å². The molecule has 2 aromatic carbocycles. The van der Waals surface area contributed by atoms with Crippen LogP contribution in [0.4, 0.5) is 10.1 Å². The van der Waals surface area contributed by atoms with E-state index in [1.807, 2.05) is 37.3 Å². The smallest absolute Gasteiger partial charge is 0.312 e. The number of carboxylic acids is 1. The number of piperidine rings is 1. The topological polar surface area (TPSA) is 84.6 Å². The Labute approximate surface area is 175 Å². The first-order valence-corrected chi connectivity index (χ1v) is 9.84. The molecule has 0 unspecified atom stereocenters. The van der Waals surface area contributed by atoms with Crippen LogP contribution in [0.2, 0.25) is 0 Å². The van der Waals surface area contributed by atoms with Gasteiger partial charge in [0, 0.05) is 24.8 Å². The van der Waals surface area contributed by atoms with Crippen molar-refractivity contribution >= 4 is 17.6 Å². The van der Waals surface area contributed by atoms with Crippen LogP contribution in [0, 0.1) is 17.1 Å². The molecule has 0 saturated carbocycles. The third kappa shape index (κ3) is 4.66. The molecule has 1 heterocycles. The van der Waals surface area contributed by atoms with Gasteiger partial charge in [-0.3, -0.25) is 19.4 Å². The van der Waals surface area contributed by atoms with Crippen molar-refractivity contribution in [3.8, 4) is 6.07 Å². The number of carbonyl (C=O) groups excluding carboxylic acids is 1. The first-order valence-electron chi connectivity index (χ1n) is 9.84. The first-order chi connectivity index (χ1) is 14.3. The number of benzene rings is 2. The van der Waals surface area contributed by atoms with E-state index in [0.29, 0.717) is 25.9 Å². The Morgan fingerprint density at radius 1 is 1.27 bits per heavy atom. The molecule has 1 aliphatic rings. The summed E-state index contributed by atoms with van der Waals surface area (Å²) in [6.45, 7) is 3.25. The summed E-state index contributed by atoms with van der Waals surface area (Å²) < 4.78 is 13.9. The number of carbonyl (C=O) groups is 2. The zero-order chi connectivity index (χ0) is 21.7. The Morgan fingerprint density at radius 2 is 2.00 bits per heavy atom. The first kappa shape index (κ1) is 21.5. The molecule has 7 heteroatoms. The molecule has 0 spiro atoms. The highest BCUT2D eigenvalue weighted by atomic mass is 19.1. The minimum absolute atomic E-state index is 0.0349. The van der Waals surface area contributed by atoms with Crippen molar-refractivity contribution in [2.24, 2.45) is 0 Å². The minimum atomic E-state index is -1.29. The molecule has 0 aromatic heterocycles. The van der Waals surface area contributed by atoms with Gasteiger partial charge >= 0.3 is 5.97 Å². The highest BCUT2D eigenvalue weighted by Gasteiger charge is 2.46. The maximum absolute atomic E-state index is 13.9. The van der Waals surface area contributed by atoms with E-state index in [9.17, 15) is 19.2 Å². The van der Waals surface area contributed by atoms with Crippen molar-refractivity contribution in [3.05, 3.63) is 66.0 Å². The fourth-order valence-corrected chi connectivity index (χ4v) is 4.13. The lowest BCUT2D eigenvalue weighted by Gasteiger charge is -2.47. The fraction of sp³-hybridized carbons (Fsp3) is 0.348. The minimum Gasteiger partial charge on any atom is -0.481 e. The second-order valence-electron chi connectivity index (χ2n) is 7.68. The average molecular weight is 409 g/mol. The van der Waals surface area contributed by atoms with Crippen LogP contribution in [0.3, 0.4) is 0 Å². The number of nitriles is 1. The molecule has 0 bridgehead atoms. The number of halogens is 1. The summed E-state index contributed by atoms with van der Waals surface area (Å²) in [4.78, 5) is 27.5. The Morgan fingerprint density at radius 3 is 2.60 bits per heavy atom. The number of likely N-dealkylation sites (tertiary alicyclic amines) is 1. The van der Waals surface area contributed by atoms with E-state index in [1.165, 1.54) is 29.2 Å². The second-order valence-corrected chi connectivity index (χ2v) is 7.68. The predicted octanol–water partition coefficient (Wildman–Crippen LogP) is 3.58. The molecule has 2 aromatic rings. The number of aliphatic carboxylic acids is 1. The van der Waals surface area contributed by atoms with E-state index in [1.54, 1.807) is 0 Å². The van der Waals surface area contributed by atoms with Gasteiger partial charge in [0.25, 0.3) is 0 Å². The van der Waals surface area contributed by atoms with Gasteiger partial charge in [0.05, 0.1) is 6.07 Å². The number of anilines is 1. The quantitative estimate of drug-likeness (QED) is 0.737. The molecule has 156 valence electrons. The lowest BCUT2D eigenvalue weighted by molar-refractivity contribution is -0.140. The van der Waals surface area contributed by atoms with Crippen molar-refractivity contribution < 1.29 is 19.1 Å². The number of amides is 1. The highest BCUT2D eigenvalue weighted by molar-refractivity contribution is 6.04.